The highest BCUT2D eigenvalue weighted by Gasteiger charge is 2.37. The average molecular weight is 562 g/mol. The Bertz CT molecular complexity index is 1570. The Balaban J connectivity index is 1.41. The van der Waals surface area contributed by atoms with Gasteiger partial charge in [-0.1, -0.05) is 78.5 Å². The number of rotatable bonds is 9. The summed E-state index contributed by atoms with van der Waals surface area (Å²) >= 11 is 1.21. The molecule has 1 amide bonds. The average Bonchev–Trinajstić information content (AvgIpc) is 3.55. The Kier molecular flexibility index (Phi) is 8.67. The topological polar surface area (TPSA) is 95.6 Å². The van der Waals surface area contributed by atoms with Crippen molar-refractivity contribution in [2.24, 2.45) is 0 Å². The van der Waals surface area contributed by atoms with Crippen LogP contribution in [0.3, 0.4) is 0 Å². The Morgan fingerprint density at radius 3 is 2.10 bits per heavy atom. The minimum absolute atomic E-state index is 0.0449. The number of benzene rings is 3. The third-order valence-electron chi connectivity index (χ3n) is 6.53. The van der Waals surface area contributed by atoms with Crippen molar-refractivity contribution in [3.8, 4) is 6.07 Å². The van der Waals surface area contributed by atoms with Gasteiger partial charge in [0.25, 0.3) is 0 Å². The number of anilines is 2. The van der Waals surface area contributed by atoms with Gasteiger partial charge in [0.2, 0.25) is 5.91 Å². The van der Waals surface area contributed by atoms with Crippen LogP contribution in [-0.2, 0) is 20.9 Å². The molecule has 2 heterocycles. The highest BCUT2D eigenvalue weighted by molar-refractivity contribution is 8.03. The molecule has 0 fully saturated rings. The SMILES string of the molecule is CC1=C(C(=O)OCc2ccccc2)[C@H](c2ccco2)C(C#N)=C(SCC(=O)N(c2ccccc2)c2ccccc2)N1. The summed E-state index contributed by atoms with van der Waals surface area (Å²) in [6.45, 7) is 1.85. The van der Waals surface area contributed by atoms with Crippen molar-refractivity contribution in [1.82, 2.24) is 5.32 Å². The van der Waals surface area contributed by atoms with Crippen LogP contribution in [0, 0.1) is 11.3 Å². The van der Waals surface area contributed by atoms with E-state index >= 15 is 0 Å². The molecular weight excluding hydrogens is 534 g/mol. The maximum Gasteiger partial charge on any atom is 0.337 e. The molecule has 41 heavy (non-hydrogen) atoms. The first-order valence-electron chi connectivity index (χ1n) is 13.0. The zero-order valence-corrected chi connectivity index (χ0v) is 23.1. The number of nitrogens with zero attached hydrogens (tertiary/aromatic N) is 2. The molecule has 0 radical (unpaired) electrons. The smallest absolute Gasteiger partial charge is 0.337 e. The van der Waals surface area contributed by atoms with E-state index in [9.17, 15) is 14.9 Å². The van der Waals surface area contributed by atoms with E-state index in [0.29, 0.717) is 22.1 Å². The van der Waals surface area contributed by atoms with Crippen molar-refractivity contribution in [3.05, 3.63) is 143 Å². The molecule has 204 valence electrons. The molecule has 5 rings (SSSR count). The van der Waals surface area contributed by atoms with Gasteiger partial charge >= 0.3 is 5.97 Å². The fraction of sp³-hybridized carbons (Fsp3) is 0.121. The largest absolute Gasteiger partial charge is 0.468 e. The molecule has 0 spiro atoms. The number of carbonyl (C=O) groups excluding carboxylic acids is 2. The van der Waals surface area contributed by atoms with Crippen molar-refractivity contribution >= 4 is 35.0 Å². The highest BCUT2D eigenvalue weighted by atomic mass is 32.2. The van der Waals surface area contributed by atoms with Crippen LogP contribution in [0.25, 0.3) is 0 Å². The van der Waals surface area contributed by atoms with Gasteiger partial charge in [-0.25, -0.2) is 4.79 Å². The number of para-hydroxylation sites is 2. The number of furan rings is 1. The van der Waals surface area contributed by atoms with E-state index in [1.165, 1.54) is 18.0 Å². The summed E-state index contributed by atoms with van der Waals surface area (Å²) in [6, 6.07) is 33.9. The van der Waals surface area contributed by atoms with E-state index in [1.54, 1.807) is 24.0 Å². The van der Waals surface area contributed by atoms with E-state index in [2.05, 4.69) is 11.4 Å². The molecule has 0 aliphatic carbocycles. The number of dihydropyridines is 1. The molecule has 1 aliphatic rings. The molecular formula is C33H27N3O4S. The third-order valence-corrected chi connectivity index (χ3v) is 7.53. The van der Waals surface area contributed by atoms with Crippen LogP contribution >= 0.6 is 11.8 Å². The maximum absolute atomic E-state index is 13.6. The molecule has 4 aromatic rings. The number of thioether (sulfide) groups is 1. The third kappa shape index (κ3) is 6.26. The summed E-state index contributed by atoms with van der Waals surface area (Å²) in [5.41, 5.74) is 3.43. The zero-order valence-electron chi connectivity index (χ0n) is 22.3. The predicted molar refractivity (Wildman–Crippen MR) is 159 cm³/mol. The first kappa shape index (κ1) is 27.6. The normalized spacial score (nSPS) is 14.7. The molecule has 1 atom stereocenters. The van der Waals surface area contributed by atoms with Gasteiger partial charge < -0.3 is 14.5 Å². The monoisotopic (exact) mass is 561 g/mol. The molecule has 0 bridgehead atoms. The standard InChI is InChI=1S/C33H27N3O4S/c1-23-30(33(38)40-21-24-12-5-2-6-13-24)31(28-18-11-19-39-28)27(20-34)32(35-23)41-22-29(37)36(25-14-7-3-8-15-25)26-16-9-4-10-17-26/h2-19,31,35H,21-22H2,1H3/t31-/m0/s1. The van der Waals surface area contributed by atoms with E-state index in [1.807, 2.05) is 91.0 Å². The molecule has 0 saturated heterocycles. The number of hydrogen-bond acceptors (Lipinski definition) is 7. The lowest BCUT2D eigenvalue weighted by atomic mass is 9.86. The number of amides is 1. The zero-order chi connectivity index (χ0) is 28.6. The van der Waals surface area contributed by atoms with Crippen molar-refractivity contribution in [2.75, 3.05) is 10.7 Å². The van der Waals surface area contributed by atoms with Gasteiger partial charge in [-0.2, -0.15) is 5.26 Å². The minimum Gasteiger partial charge on any atom is -0.468 e. The molecule has 1 aromatic heterocycles. The lowest BCUT2D eigenvalue weighted by Crippen LogP contribution is -2.31. The number of carbonyl (C=O) groups is 2. The summed E-state index contributed by atoms with van der Waals surface area (Å²) in [5, 5.41) is 14.0. The molecule has 7 nitrogen and oxygen atoms in total. The van der Waals surface area contributed by atoms with E-state index in [-0.39, 0.29) is 23.8 Å². The molecule has 0 unspecified atom stereocenters. The summed E-state index contributed by atoms with van der Waals surface area (Å²) in [7, 11) is 0. The van der Waals surface area contributed by atoms with Crippen LogP contribution in [0.5, 0.6) is 0 Å². The van der Waals surface area contributed by atoms with Crippen molar-refractivity contribution < 1.29 is 18.7 Å². The summed E-state index contributed by atoms with van der Waals surface area (Å²) < 4.78 is 11.3. The van der Waals surface area contributed by atoms with Gasteiger partial charge in [-0.3, -0.25) is 9.69 Å². The highest BCUT2D eigenvalue weighted by Crippen LogP contribution is 2.41. The first-order chi connectivity index (χ1) is 20.1. The van der Waals surface area contributed by atoms with Crippen LogP contribution in [0.15, 0.2) is 136 Å². The fourth-order valence-corrected chi connectivity index (χ4v) is 5.57. The Hall–Kier alpha value is -5.00. The lowest BCUT2D eigenvalue weighted by molar-refractivity contribution is -0.140. The van der Waals surface area contributed by atoms with Crippen LogP contribution < -0.4 is 10.2 Å². The lowest BCUT2D eigenvalue weighted by Gasteiger charge is -2.28. The minimum atomic E-state index is -0.781. The Labute approximate surface area is 242 Å². The molecule has 0 saturated carbocycles. The second-order valence-corrected chi connectivity index (χ2v) is 10.2. The van der Waals surface area contributed by atoms with E-state index in [4.69, 9.17) is 9.15 Å². The van der Waals surface area contributed by atoms with Gasteiger partial charge in [-0.15, -0.1) is 0 Å². The van der Waals surface area contributed by atoms with Crippen LogP contribution in [0.2, 0.25) is 0 Å². The Morgan fingerprint density at radius 2 is 1.54 bits per heavy atom. The van der Waals surface area contributed by atoms with Gasteiger partial charge in [0.15, 0.2) is 0 Å². The van der Waals surface area contributed by atoms with Crippen molar-refractivity contribution in [1.29, 1.82) is 5.26 Å². The van der Waals surface area contributed by atoms with Crippen LogP contribution in [-0.4, -0.2) is 17.6 Å². The number of allylic oxidation sites excluding steroid dienone is 2. The quantitative estimate of drug-likeness (QED) is 0.224. The molecule has 1 aliphatic heterocycles. The Morgan fingerprint density at radius 1 is 0.927 bits per heavy atom. The van der Waals surface area contributed by atoms with E-state index < -0.39 is 11.9 Å². The van der Waals surface area contributed by atoms with Gasteiger partial charge in [0.1, 0.15) is 12.4 Å². The van der Waals surface area contributed by atoms with Crippen LogP contribution in [0.1, 0.15) is 24.2 Å². The predicted octanol–water partition coefficient (Wildman–Crippen LogP) is 6.82. The molecule has 8 heteroatoms. The number of nitrogens with one attached hydrogen (secondary N) is 1. The number of hydrogen-bond donors (Lipinski definition) is 1. The van der Waals surface area contributed by atoms with Gasteiger partial charge in [-0.05, 0) is 48.9 Å². The number of nitriles is 1. The van der Waals surface area contributed by atoms with Crippen molar-refractivity contribution in [2.45, 2.75) is 19.4 Å². The van der Waals surface area contributed by atoms with E-state index in [0.717, 1.165) is 16.9 Å². The van der Waals surface area contributed by atoms with Crippen molar-refractivity contribution in [3.63, 3.8) is 0 Å². The molecule has 3 aromatic carbocycles. The molecule has 1 N–H and O–H groups in total. The first-order valence-corrected chi connectivity index (χ1v) is 14.0. The summed E-state index contributed by atoms with van der Waals surface area (Å²) in [6.07, 6.45) is 1.50. The van der Waals surface area contributed by atoms with Gasteiger partial charge in [0, 0.05) is 17.1 Å². The second-order valence-electron chi connectivity index (χ2n) is 9.22. The second kappa shape index (κ2) is 12.9. The van der Waals surface area contributed by atoms with Gasteiger partial charge in [0.05, 0.1) is 40.2 Å². The fourth-order valence-electron chi connectivity index (χ4n) is 4.63. The number of ether oxygens (including phenoxy) is 1. The summed E-state index contributed by atoms with van der Waals surface area (Å²) in [4.78, 5) is 28.7. The number of esters is 1. The maximum atomic E-state index is 13.6. The summed E-state index contributed by atoms with van der Waals surface area (Å²) in [5.74, 6) is -1.01. The van der Waals surface area contributed by atoms with Crippen LogP contribution in [0.4, 0.5) is 11.4 Å².